The van der Waals surface area contributed by atoms with E-state index >= 15 is 0 Å². The van der Waals surface area contributed by atoms with Gasteiger partial charge >= 0.3 is 0 Å². The van der Waals surface area contributed by atoms with Crippen molar-refractivity contribution in [1.29, 1.82) is 0 Å². The lowest BCUT2D eigenvalue weighted by Gasteiger charge is -2.36. The van der Waals surface area contributed by atoms with Crippen LogP contribution < -0.4 is 10.2 Å². The summed E-state index contributed by atoms with van der Waals surface area (Å²) in [7, 11) is 1.82. The summed E-state index contributed by atoms with van der Waals surface area (Å²) in [5, 5.41) is 14.6. The highest BCUT2D eigenvalue weighted by Crippen LogP contribution is 2.36. The molecule has 0 unspecified atom stereocenters. The Bertz CT molecular complexity index is 463. The van der Waals surface area contributed by atoms with Gasteiger partial charge in [0.05, 0.1) is 21.0 Å². The van der Waals surface area contributed by atoms with Crippen LogP contribution in [-0.4, -0.2) is 31.1 Å². The molecular formula is C10H11Cl2N3O2. The zero-order valence-corrected chi connectivity index (χ0v) is 10.6. The Kier molecular flexibility index (Phi) is 3.42. The van der Waals surface area contributed by atoms with Crippen LogP contribution in [0.1, 0.15) is 0 Å². The summed E-state index contributed by atoms with van der Waals surface area (Å²) >= 11 is 11.7. The highest BCUT2D eigenvalue weighted by molar-refractivity contribution is 6.42. The number of nitrogens with zero attached hydrogens (tertiary/aromatic N) is 2. The van der Waals surface area contributed by atoms with Crippen LogP contribution in [-0.2, 0) is 0 Å². The van der Waals surface area contributed by atoms with Crippen molar-refractivity contribution in [3.05, 3.63) is 32.3 Å². The average molecular weight is 276 g/mol. The number of anilines is 1. The topological polar surface area (TPSA) is 58.4 Å². The van der Waals surface area contributed by atoms with Gasteiger partial charge in [-0.2, -0.15) is 0 Å². The van der Waals surface area contributed by atoms with Crippen LogP contribution in [0.2, 0.25) is 10.0 Å². The summed E-state index contributed by atoms with van der Waals surface area (Å²) in [6, 6.07) is 3.09. The predicted octanol–water partition coefficient (Wildman–Crippen LogP) is 2.31. The Labute approximate surface area is 108 Å². The number of nitro groups is 1. The third-order valence-corrected chi connectivity index (χ3v) is 3.62. The van der Waals surface area contributed by atoms with Crippen molar-refractivity contribution in [2.75, 3.05) is 25.0 Å². The lowest BCUT2D eigenvalue weighted by atomic mass is 10.1. The molecule has 2 rings (SSSR count). The van der Waals surface area contributed by atoms with Gasteiger partial charge in [0.2, 0.25) is 0 Å². The monoisotopic (exact) mass is 275 g/mol. The van der Waals surface area contributed by atoms with E-state index < -0.39 is 4.92 Å². The summed E-state index contributed by atoms with van der Waals surface area (Å²) in [5.74, 6) is 0. The average Bonchev–Trinajstić information content (AvgIpc) is 2.18. The highest BCUT2D eigenvalue weighted by Gasteiger charge is 2.27. The van der Waals surface area contributed by atoms with E-state index in [4.69, 9.17) is 23.2 Å². The van der Waals surface area contributed by atoms with E-state index in [1.165, 1.54) is 6.07 Å². The van der Waals surface area contributed by atoms with E-state index in [9.17, 15) is 10.1 Å². The molecule has 1 N–H and O–H groups in total. The number of halogens is 2. The minimum atomic E-state index is -0.444. The van der Waals surface area contributed by atoms with Crippen LogP contribution >= 0.6 is 23.2 Å². The van der Waals surface area contributed by atoms with Crippen molar-refractivity contribution in [3.63, 3.8) is 0 Å². The summed E-state index contributed by atoms with van der Waals surface area (Å²) in [6.07, 6.45) is 0. The molecule has 0 amide bonds. The Morgan fingerprint density at radius 3 is 2.47 bits per heavy atom. The van der Waals surface area contributed by atoms with E-state index in [2.05, 4.69) is 5.32 Å². The number of nitrogens with one attached hydrogen (secondary N) is 1. The maximum absolute atomic E-state index is 11.0. The largest absolute Gasteiger partial charge is 0.363 e. The van der Waals surface area contributed by atoms with E-state index in [1.807, 2.05) is 11.9 Å². The highest BCUT2D eigenvalue weighted by atomic mass is 35.5. The first kappa shape index (κ1) is 12.4. The second kappa shape index (κ2) is 4.68. The Balaban J connectivity index is 2.42. The summed E-state index contributed by atoms with van der Waals surface area (Å²) in [6.45, 7) is 1.63. The lowest BCUT2D eigenvalue weighted by Crippen LogP contribution is -2.56. The van der Waals surface area contributed by atoms with Gasteiger partial charge in [-0.3, -0.25) is 10.1 Å². The third-order valence-electron chi connectivity index (χ3n) is 2.90. The van der Waals surface area contributed by atoms with Crippen molar-refractivity contribution >= 4 is 34.6 Å². The van der Waals surface area contributed by atoms with Crippen molar-refractivity contribution in [1.82, 2.24) is 5.32 Å². The quantitative estimate of drug-likeness (QED) is 0.679. The fourth-order valence-electron chi connectivity index (χ4n) is 1.70. The van der Waals surface area contributed by atoms with Crippen molar-refractivity contribution < 1.29 is 4.92 Å². The minimum Gasteiger partial charge on any atom is -0.363 e. The van der Waals surface area contributed by atoms with E-state index in [-0.39, 0.29) is 16.8 Å². The van der Waals surface area contributed by atoms with Gasteiger partial charge in [0, 0.05) is 26.2 Å². The summed E-state index contributed by atoms with van der Waals surface area (Å²) < 4.78 is 0. The molecule has 1 aromatic rings. The van der Waals surface area contributed by atoms with Gasteiger partial charge in [0.15, 0.2) is 0 Å². The van der Waals surface area contributed by atoms with Crippen molar-refractivity contribution in [3.8, 4) is 0 Å². The minimum absolute atomic E-state index is 0.0196. The zero-order chi connectivity index (χ0) is 12.6. The zero-order valence-electron chi connectivity index (χ0n) is 9.11. The molecule has 0 spiro atoms. The number of nitro benzene ring substituents is 1. The second-order valence-electron chi connectivity index (χ2n) is 3.94. The first-order valence-corrected chi connectivity index (χ1v) is 5.83. The van der Waals surface area contributed by atoms with Gasteiger partial charge in [-0.15, -0.1) is 0 Å². The molecule has 1 aromatic carbocycles. The first-order chi connectivity index (χ1) is 8.00. The third kappa shape index (κ3) is 2.31. The van der Waals surface area contributed by atoms with Crippen LogP contribution in [0, 0.1) is 10.1 Å². The van der Waals surface area contributed by atoms with Crippen LogP contribution in [0.25, 0.3) is 0 Å². The van der Waals surface area contributed by atoms with Crippen LogP contribution in [0.5, 0.6) is 0 Å². The molecule has 1 heterocycles. The van der Waals surface area contributed by atoms with Gasteiger partial charge in [-0.25, -0.2) is 0 Å². The standard InChI is InChI=1S/C10H11Cl2N3O2/c1-14(6-4-13-5-6)9-2-7(11)8(12)3-10(9)15(16)17/h2-3,6,13H,4-5H2,1H3. The van der Waals surface area contributed by atoms with Gasteiger partial charge in [0.25, 0.3) is 5.69 Å². The summed E-state index contributed by atoms with van der Waals surface area (Å²) in [4.78, 5) is 12.4. The molecule has 1 aliphatic heterocycles. The normalized spacial score (nSPS) is 15.5. The first-order valence-electron chi connectivity index (χ1n) is 5.07. The van der Waals surface area contributed by atoms with Crippen molar-refractivity contribution in [2.45, 2.75) is 6.04 Å². The molecule has 5 nitrogen and oxygen atoms in total. The molecule has 0 atom stereocenters. The van der Waals surface area contributed by atoms with E-state index in [1.54, 1.807) is 6.07 Å². The Hall–Kier alpha value is -1.04. The maximum atomic E-state index is 11.0. The van der Waals surface area contributed by atoms with Gasteiger partial charge < -0.3 is 10.2 Å². The molecular weight excluding hydrogens is 265 g/mol. The van der Waals surface area contributed by atoms with Crippen molar-refractivity contribution in [2.24, 2.45) is 0 Å². The van der Waals surface area contributed by atoms with E-state index in [0.717, 1.165) is 13.1 Å². The van der Waals surface area contributed by atoms with Gasteiger partial charge in [-0.1, -0.05) is 23.2 Å². The smallest absolute Gasteiger partial charge is 0.294 e. The molecule has 7 heteroatoms. The molecule has 0 aliphatic carbocycles. The molecule has 0 saturated carbocycles. The lowest BCUT2D eigenvalue weighted by molar-refractivity contribution is -0.384. The second-order valence-corrected chi connectivity index (χ2v) is 4.75. The van der Waals surface area contributed by atoms with Gasteiger partial charge in [0.1, 0.15) is 5.69 Å². The molecule has 0 bridgehead atoms. The summed E-state index contributed by atoms with van der Waals surface area (Å²) in [5.41, 5.74) is 0.477. The van der Waals surface area contributed by atoms with E-state index in [0.29, 0.717) is 10.7 Å². The molecule has 1 aliphatic rings. The molecule has 0 aromatic heterocycles. The Morgan fingerprint density at radius 1 is 1.41 bits per heavy atom. The number of hydrogen-bond donors (Lipinski definition) is 1. The fourth-order valence-corrected chi connectivity index (χ4v) is 2.01. The Morgan fingerprint density at radius 2 is 2.00 bits per heavy atom. The number of hydrogen-bond acceptors (Lipinski definition) is 4. The molecule has 17 heavy (non-hydrogen) atoms. The molecule has 92 valence electrons. The number of rotatable bonds is 3. The maximum Gasteiger partial charge on any atom is 0.294 e. The van der Waals surface area contributed by atoms with Crippen LogP contribution in [0.4, 0.5) is 11.4 Å². The van der Waals surface area contributed by atoms with Crippen LogP contribution in [0.15, 0.2) is 12.1 Å². The number of likely N-dealkylation sites (N-methyl/N-ethyl adjacent to an activating group) is 1. The SMILES string of the molecule is CN(c1cc(Cl)c(Cl)cc1[N+](=O)[O-])C1CNC1. The molecule has 1 saturated heterocycles. The van der Waals surface area contributed by atoms with Gasteiger partial charge in [-0.05, 0) is 6.07 Å². The predicted molar refractivity (Wildman–Crippen MR) is 68.2 cm³/mol. The number of benzene rings is 1. The molecule has 0 radical (unpaired) electrons. The molecule has 1 fully saturated rings. The fraction of sp³-hybridized carbons (Fsp3) is 0.400. The van der Waals surface area contributed by atoms with Crippen LogP contribution in [0.3, 0.4) is 0 Å².